The first-order valence-corrected chi connectivity index (χ1v) is 10.1. The number of carbonyl (C=O) groups excluding carboxylic acids is 1. The van der Waals surface area contributed by atoms with Crippen molar-refractivity contribution in [2.75, 3.05) is 24.5 Å². The number of carbonyl (C=O) groups is 1. The first-order chi connectivity index (χ1) is 12.2. The molecule has 2 aliphatic heterocycles. The van der Waals surface area contributed by atoms with E-state index in [4.69, 9.17) is 11.6 Å². The molecule has 1 atom stereocenters. The second-order valence-electron chi connectivity index (χ2n) is 6.53. The fraction of sp³-hybridized carbons (Fsp3) is 0.500. The molecule has 132 valence electrons. The minimum Gasteiger partial charge on any atom is -0.341 e. The van der Waals surface area contributed by atoms with Crippen molar-refractivity contribution in [2.24, 2.45) is 0 Å². The Morgan fingerprint density at radius 1 is 1.36 bits per heavy atom. The van der Waals surface area contributed by atoms with Gasteiger partial charge in [-0.2, -0.15) is 0 Å². The summed E-state index contributed by atoms with van der Waals surface area (Å²) in [7, 11) is 0. The van der Waals surface area contributed by atoms with Crippen LogP contribution >= 0.6 is 22.9 Å². The molecule has 5 nitrogen and oxygen atoms in total. The molecule has 0 saturated carbocycles. The van der Waals surface area contributed by atoms with Gasteiger partial charge >= 0.3 is 0 Å². The van der Waals surface area contributed by atoms with Crippen LogP contribution in [0, 0.1) is 0 Å². The van der Waals surface area contributed by atoms with Crippen LogP contribution in [0.3, 0.4) is 0 Å². The Bertz CT molecular complexity index is 787. The summed E-state index contributed by atoms with van der Waals surface area (Å²) in [5, 5.41) is 2.45. The van der Waals surface area contributed by atoms with Crippen molar-refractivity contribution in [1.29, 1.82) is 0 Å². The van der Waals surface area contributed by atoms with E-state index in [2.05, 4.69) is 33.2 Å². The molecular weight excluding hydrogens is 356 g/mol. The molecule has 0 bridgehead atoms. The predicted octanol–water partition coefficient (Wildman–Crippen LogP) is 3.94. The lowest BCUT2D eigenvalue weighted by molar-refractivity contribution is 0.0651. The zero-order valence-corrected chi connectivity index (χ0v) is 15.8. The standard InChI is InChI=1S/C18H21ClN4OS/c1-2-14-12-6-10-25-15(12)5-9-23(14)17(24)16-13(19)11-20-18(21-16)22-7-3-4-8-22/h6,10-11,14H,2-5,7-9H2,1H3. The normalized spacial score (nSPS) is 20.0. The van der Waals surface area contributed by atoms with Crippen LogP contribution < -0.4 is 4.90 Å². The van der Waals surface area contributed by atoms with E-state index in [1.807, 2.05) is 4.90 Å². The molecule has 7 heteroatoms. The topological polar surface area (TPSA) is 49.3 Å². The molecule has 1 amide bonds. The third-order valence-electron chi connectivity index (χ3n) is 5.07. The third-order valence-corrected chi connectivity index (χ3v) is 6.34. The summed E-state index contributed by atoms with van der Waals surface area (Å²) in [5.74, 6) is 0.531. The molecule has 1 fully saturated rings. The number of hydrogen-bond acceptors (Lipinski definition) is 5. The molecule has 2 aliphatic rings. The number of halogens is 1. The second-order valence-corrected chi connectivity index (χ2v) is 7.94. The maximum Gasteiger partial charge on any atom is 0.274 e. The minimum atomic E-state index is -0.0865. The van der Waals surface area contributed by atoms with Gasteiger partial charge in [0, 0.05) is 24.5 Å². The highest BCUT2D eigenvalue weighted by molar-refractivity contribution is 7.10. The van der Waals surface area contributed by atoms with Gasteiger partial charge < -0.3 is 9.80 Å². The number of amides is 1. The summed E-state index contributed by atoms with van der Waals surface area (Å²) >= 11 is 8.08. The number of rotatable bonds is 3. The van der Waals surface area contributed by atoms with Gasteiger partial charge in [-0.05, 0) is 42.7 Å². The lowest BCUT2D eigenvalue weighted by Crippen LogP contribution is -2.40. The van der Waals surface area contributed by atoms with Crippen molar-refractivity contribution in [3.8, 4) is 0 Å². The van der Waals surface area contributed by atoms with Crippen LogP contribution in [0.1, 0.15) is 53.2 Å². The van der Waals surface area contributed by atoms with Crippen LogP contribution in [0.4, 0.5) is 5.95 Å². The van der Waals surface area contributed by atoms with Crippen LogP contribution in [-0.4, -0.2) is 40.4 Å². The highest BCUT2D eigenvalue weighted by Gasteiger charge is 2.33. The van der Waals surface area contributed by atoms with E-state index in [1.165, 1.54) is 10.4 Å². The van der Waals surface area contributed by atoms with Crippen LogP contribution in [0.25, 0.3) is 0 Å². The van der Waals surface area contributed by atoms with Crippen LogP contribution in [0.15, 0.2) is 17.6 Å². The van der Waals surface area contributed by atoms with Gasteiger partial charge in [-0.25, -0.2) is 9.97 Å². The van der Waals surface area contributed by atoms with E-state index in [0.29, 0.717) is 23.2 Å². The highest BCUT2D eigenvalue weighted by Crippen LogP contribution is 2.36. The molecule has 4 rings (SSSR count). The number of nitrogens with zero attached hydrogens (tertiary/aromatic N) is 4. The zero-order valence-electron chi connectivity index (χ0n) is 14.2. The maximum absolute atomic E-state index is 13.2. The monoisotopic (exact) mass is 376 g/mol. The van der Waals surface area contributed by atoms with Gasteiger partial charge in [0.2, 0.25) is 5.95 Å². The smallest absolute Gasteiger partial charge is 0.274 e. The lowest BCUT2D eigenvalue weighted by Gasteiger charge is -2.35. The molecule has 2 aromatic rings. The first-order valence-electron chi connectivity index (χ1n) is 8.83. The number of thiophene rings is 1. The van der Waals surface area contributed by atoms with Gasteiger partial charge in [-0.15, -0.1) is 11.3 Å². The van der Waals surface area contributed by atoms with Gasteiger partial charge in [0.25, 0.3) is 5.91 Å². The molecule has 0 aromatic carbocycles. The molecule has 25 heavy (non-hydrogen) atoms. The Balaban J connectivity index is 1.65. The van der Waals surface area contributed by atoms with Crippen molar-refractivity contribution < 1.29 is 4.79 Å². The van der Waals surface area contributed by atoms with Crippen LogP contribution in [0.5, 0.6) is 0 Å². The Labute approximate surface area is 156 Å². The first kappa shape index (κ1) is 16.8. The van der Waals surface area contributed by atoms with Gasteiger partial charge in [-0.3, -0.25) is 4.79 Å². The van der Waals surface area contributed by atoms with Crippen LogP contribution in [0.2, 0.25) is 5.02 Å². The quantitative estimate of drug-likeness (QED) is 0.814. The van der Waals surface area contributed by atoms with Crippen molar-refractivity contribution in [2.45, 2.75) is 38.6 Å². The summed E-state index contributed by atoms with van der Waals surface area (Å²) < 4.78 is 0. The zero-order chi connectivity index (χ0) is 17.4. The van der Waals surface area contributed by atoms with E-state index < -0.39 is 0 Å². The van der Waals surface area contributed by atoms with Crippen molar-refractivity contribution in [3.63, 3.8) is 0 Å². The van der Waals surface area contributed by atoms with E-state index in [9.17, 15) is 4.79 Å². The number of fused-ring (bicyclic) bond motifs is 1. The van der Waals surface area contributed by atoms with E-state index in [0.717, 1.165) is 38.8 Å². The number of hydrogen-bond donors (Lipinski definition) is 0. The molecule has 4 heterocycles. The summed E-state index contributed by atoms with van der Waals surface area (Å²) in [6.07, 6.45) is 5.63. The van der Waals surface area contributed by atoms with Gasteiger partial charge in [0.05, 0.1) is 17.3 Å². The molecular formula is C18H21ClN4OS. The van der Waals surface area contributed by atoms with E-state index in [1.54, 1.807) is 17.5 Å². The summed E-state index contributed by atoms with van der Waals surface area (Å²) in [6.45, 7) is 4.71. The van der Waals surface area contributed by atoms with E-state index in [-0.39, 0.29) is 11.9 Å². The molecule has 0 spiro atoms. The third kappa shape index (κ3) is 3.02. The van der Waals surface area contributed by atoms with Gasteiger partial charge in [0.15, 0.2) is 5.69 Å². The molecule has 1 unspecified atom stereocenters. The SMILES string of the molecule is CCC1c2ccsc2CCN1C(=O)c1nc(N2CCCC2)ncc1Cl. The molecule has 2 aromatic heterocycles. The summed E-state index contributed by atoms with van der Waals surface area (Å²) in [6, 6.07) is 2.24. The maximum atomic E-state index is 13.2. The summed E-state index contributed by atoms with van der Waals surface area (Å²) in [4.78, 5) is 27.5. The summed E-state index contributed by atoms with van der Waals surface area (Å²) in [5.41, 5.74) is 1.60. The fourth-order valence-corrected chi connectivity index (χ4v) is 4.89. The van der Waals surface area contributed by atoms with Gasteiger partial charge in [0.1, 0.15) is 0 Å². The lowest BCUT2D eigenvalue weighted by atomic mass is 9.97. The Morgan fingerprint density at radius 3 is 2.92 bits per heavy atom. The Hall–Kier alpha value is -1.66. The van der Waals surface area contributed by atoms with Gasteiger partial charge in [-0.1, -0.05) is 18.5 Å². The largest absolute Gasteiger partial charge is 0.341 e. The average Bonchev–Trinajstić information content (AvgIpc) is 3.32. The second kappa shape index (κ2) is 6.92. The molecule has 0 aliphatic carbocycles. The number of anilines is 1. The number of aromatic nitrogens is 2. The van der Waals surface area contributed by atoms with Crippen molar-refractivity contribution >= 4 is 34.8 Å². The molecule has 1 saturated heterocycles. The average molecular weight is 377 g/mol. The molecule has 0 radical (unpaired) electrons. The van der Waals surface area contributed by atoms with Crippen molar-refractivity contribution in [1.82, 2.24) is 14.9 Å². The van der Waals surface area contributed by atoms with Crippen LogP contribution in [-0.2, 0) is 6.42 Å². The Morgan fingerprint density at radius 2 is 2.16 bits per heavy atom. The van der Waals surface area contributed by atoms with E-state index >= 15 is 0 Å². The highest BCUT2D eigenvalue weighted by atomic mass is 35.5. The predicted molar refractivity (Wildman–Crippen MR) is 101 cm³/mol. The Kier molecular flexibility index (Phi) is 4.65. The minimum absolute atomic E-state index is 0.0865. The molecule has 0 N–H and O–H groups in total. The van der Waals surface area contributed by atoms with Crippen molar-refractivity contribution in [3.05, 3.63) is 38.8 Å². The fourth-order valence-electron chi connectivity index (χ4n) is 3.79.